The second kappa shape index (κ2) is 6.58. The number of carbonyl (C=O) groups is 1. The van der Waals surface area contributed by atoms with Crippen molar-refractivity contribution in [1.29, 1.82) is 0 Å². The molecule has 0 fully saturated rings. The van der Waals surface area contributed by atoms with Gasteiger partial charge in [-0.25, -0.2) is 4.98 Å². The average molecular weight is 289 g/mol. The number of pyridine rings is 1. The van der Waals surface area contributed by atoms with Crippen molar-refractivity contribution in [3.8, 4) is 0 Å². The Morgan fingerprint density at radius 1 is 1.35 bits per heavy atom. The normalized spacial score (nSPS) is 11.3. The van der Waals surface area contributed by atoms with Crippen LogP contribution in [0.25, 0.3) is 0 Å². The molecule has 1 aromatic rings. The highest BCUT2D eigenvalue weighted by atomic mass is 19.4. The first-order valence-corrected chi connectivity index (χ1v) is 6.33. The number of aromatic nitrogens is 1. The lowest BCUT2D eigenvalue weighted by Gasteiger charge is -2.19. The van der Waals surface area contributed by atoms with Gasteiger partial charge >= 0.3 is 6.18 Å². The molecule has 0 radical (unpaired) electrons. The van der Waals surface area contributed by atoms with Crippen molar-refractivity contribution in [3.05, 3.63) is 23.4 Å². The largest absolute Gasteiger partial charge is 0.406 e. The van der Waals surface area contributed by atoms with E-state index in [1.807, 2.05) is 13.8 Å². The number of nitrogens with one attached hydrogen (secondary N) is 1. The third-order valence-corrected chi connectivity index (χ3v) is 2.61. The lowest BCUT2D eigenvalue weighted by atomic mass is 10.1. The van der Waals surface area contributed by atoms with Gasteiger partial charge in [0.05, 0.1) is 0 Å². The third-order valence-electron chi connectivity index (χ3n) is 2.61. The smallest absolute Gasteiger partial charge is 0.370 e. The molecule has 20 heavy (non-hydrogen) atoms. The molecule has 1 heterocycles. The van der Waals surface area contributed by atoms with E-state index in [2.05, 4.69) is 10.3 Å². The van der Waals surface area contributed by atoms with Gasteiger partial charge in [0, 0.05) is 24.8 Å². The summed E-state index contributed by atoms with van der Waals surface area (Å²) in [6, 6.07) is 2.99. The fourth-order valence-corrected chi connectivity index (χ4v) is 1.73. The molecule has 4 nitrogen and oxygen atoms in total. The van der Waals surface area contributed by atoms with E-state index in [9.17, 15) is 18.0 Å². The number of halogens is 3. The Labute approximate surface area is 116 Å². The molecular formula is C13H18F3N3O. The molecule has 0 saturated heterocycles. The van der Waals surface area contributed by atoms with Crippen LogP contribution < -0.4 is 5.32 Å². The summed E-state index contributed by atoms with van der Waals surface area (Å²) in [7, 11) is 1.13. The number of hydrogen-bond donors (Lipinski definition) is 1. The van der Waals surface area contributed by atoms with Crippen molar-refractivity contribution < 1.29 is 18.0 Å². The van der Waals surface area contributed by atoms with Gasteiger partial charge in [0.1, 0.15) is 12.4 Å². The molecule has 1 aromatic heterocycles. The fourth-order valence-electron chi connectivity index (χ4n) is 1.73. The van der Waals surface area contributed by atoms with Gasteiger partial charge in [0.15, 0.2) is 0 Å². The zero-order valence-electron chi connectivity index (χ0n) is 11.7. The summed E-state index contributed by atoms with van der Waals surface area (Å²) in [5.74, 6) is -0.172. The molecule has 0 saturated carbocycles. The highest BCUT2D eigenvalue weighted by Crippen LogP contribution is 2.18. The average Bonchev–Trinajstić information content (AvgIpc) is 2.35. The summed E-state index contributed by atoms with van der Waals surface area (Å²) in [6.45, 7) is 3.08. The van der Waals surface area contributed by atoms with Crippen molar-refractivity contribution in [2.24, 2.45) is 0 Å². The van der Waals surface area contributed by atoms with Gasteiger partial charge in [-0.05, 0) is 25.5 Å². The van der Waals surface area contributed by atoms with Crippen LogP contribution in [0.15, 0.2) is 12.1 Å². The Bertz CT molecular complexity index is 474. The van der Waals surface area contributed by atoms with E-state index in [0.717, 1.165) is 7.05 Å². The molecule has 1 N–H and O–H groups in total. The number of alkyl halides is 3. The van der Waals surface area contributed by atoms with Crippen molar-refractivity contribution >= 4 is 11.7 Å². The van der Waals surface area contributed by atoms with Gasteiger partial charge < -0.3 is 10.2 Å². The minimum absolute atomic E-state index is 0.208. The third kappa shape index (κ3) is 4.71. The van der Waals surface area contributed by atoms with E-state index >= 15 is 0 Å². The molecule has 7 heteroatoms. The molecule has 0 aliphatic carbocycles. The zero-order valence-corrected chi connectivity index (χ0v) is 11.7. The molecule has 0 aliphatic rings. The first kappa shape index (κ1) is 16.3. The molecule has 1 amide bonds. The Morgan fingerprint density at radius 2 is 2.00 bits per heavy atom. The molecule has 0 bridgehead atoms. The lowest BCUT2D eigenvalue weighted by molar-refractivity contribution is -0.138. The van der Waals surface area contributed by atoms with Gasteiger partial charge in [-0.2, -0.15) is 13.2 Å². The van der Waals surface area contributed by atoms with E-state index in [1.165, 1.54) is 12.1 Å². The quantitative estimate of drug-likeness (QED) is 0.906. The fraction of sp³-hybridized carbons (Fsp3) is 0.538. The lowest BCUT2D eigenvalue weighted by Crippen LogP contribution is -2.35. The number of nitrogens with zero attached hydrogens (tertiary/aromatic N) is 2. The monoisotopic (exact) mass is 289 g/mol. The van der Waals surface area contributed by atoms with Crippen molar-refractivity contribution in [2.75, 3.05) is 25.5 Å². The summed E-state index contributed by atoms with van der Waals surface area (Å²) >= 11 is 0. The molecule has 0 atom stereocenters. The minimum Gasteiger partial charge on any atom is -0.370 e. The van der Waals surface area contributed by atoms with Crippen LogP contribution in [0.3, 0.4) is 0 Å². The maximum Gasteiger partial charge on any atom is 0.406 e. The topological polar surface area (TPSA) is 45.2 Å². The predicted molar refractivity (Wildman–Crippen MR) is 70.8 cm³/mol. The number of amides is 1. The SMILES string of the molecule is CCNc1cc(C(=O)N(C)CC(F)(F)F)cc(CC)n1. The standard InChI is InChI=1S/C13H18F3N3O/c1-4-10-6-9(7-11(18-10)17-5-2)12(20)19(3)8-13(14,15)16/h6-7H,4-5,8H2,1-3H3,(H,17,18). The van der Waals surface area contributed by atoms with E-state index in [-0.39, 0.29) is 5.56 Å². The van der Waals surface area contributed by atoms with Crippen LogP contribution in [0.2, 0.25) is 0 Å². The van der Waals surface area contributed by atoms with Gasteiger partial charge in [0.2, 0.25) is 0 Å². The number of carbonyl (C=O) groups excluding carboxylic acids is 1. The summed E-state index contributed by atoms with van der Waals surface area (Å²) in [5.41, 5.74) is 0.867. The van der Waals surface area contributed by atoms with E-state index in [4.69, 9.17) is 0 Å². The van der Waals surface area contributed by atoms with E-state index < -0.39 is 18.6 Å². The Hall–Kier alpha value is -1.79. The molecule has 112 valence electrons. The molecule has 0 aromatic carbocycles. The summed E-state index contributed by atoms with van der Waals surface area (Å²) in [5, 5.41) is 2.96. The molecular weight excluding hydrogens is 271 g/mol. The second-order valence-corrected chi connectivity index (χ2v) is 4.39. The predicted octanol–water partition coefficient (Wildman–Crippen LogP) is 2.71. The number of anilines is 1. The van der Waals surface area contributed by atoms with Crippen LogP contribution >= 0.6 is 0 Å². The highest BCUT2D eigenvalue weighted by Gasteiger charge is 2.31. The molecule has 1 rings (SSSR count). The first-order valence-electron chi connectivity index (χ1n) is 6.33. The summed E-state index contributed by atoms with van der Waals surface area (Å²) < 4.78 is 36.9. The van der Waals surface area contributed by atoms with E-state index in [1.54, 1.807) is 0 Å². The van der Waals surface area contributed by atoms with Gasteiger partial charge in [0.25, 0.3) is 5.91 Å². The van der Waals surface area contributed by atoms with Gasteiger partial charge in [-0.3, -0.25) is 4.79 Å². The maximum absolute atomic E-state index is 12.3. The van der Waals surface area contributed by atoms with Crippen LogP contribution in [0.4, 0.5) is 19.0 Å². The second-order valence-electron chi connectivity index (χ2n) is 4.39. The molecule has 0 unspecified atom stereocenters. The first-order chi connectivity index (χ1) is 9.26. The van der Waals surface area contributed by atoms with Gasteiger partial charge in [-0.1, -0.05) is 6.92 Å². The summed E-state index contributed by atoms with van der Waals surface area (Å²) in [4.78, 5) is 16.9. The molecule has 0 aliphatic heterocycles. The highest BCUT2D eigenvalue weighted by molar-refractivity contribution is 5.94. The van der Waals surface area contributed by atoms with Crippen LogP contribution in [0.5, 0.6) is 0 Å². The van der Waals surface area contributed by atoms with E-state index in [0.29, 0.717) is 29.4 Å². The Kier molecular flexibility index (Phi) is 5.35. The minimum atomic E-state index is -4.41. The van der Waals surface area contributed by atoms with Crippen molar-refractivity contribution in [2.45, 2.75) is 26.4 Å². The van der Waals surface area contributed by atoms with Crippen LogP contribution in [-0.2, 0) is 6.42 Å². The summed E-state index contributed by atoms with van der Waals surface area (Å²) in [6.07, 6.45) is -3.81. The molecule has 0 spiro atoms. The number of aryl methyl sites for hydroxylation is 1. The van der Waals surface area contributed by atoms with Crippen molar-refractivity contribution in [3.63, 3.8) is 0 Å². The Morgan fingerprint density at radius 3 is 2.50 bits per heavy atom. The maximum atomic E-state index is 12.3. The van der Waals surface area contributed by atoms with Crippen LogP contribution in [0, 0.1) is 0 Å². The zero-order chi connectivity index (χ0) is 15.3. The number of hydrogen-bond acceptors (Lipinski definition) is 3. The van der Waals surface area contributed by atoms with Crippen LogP contribution in [0.1, 0.15) is 29.9 Å². The van der Waals surface area contributed by atoms with Gasteiger partial charge in [-0.15, -0.1) is 0 Å². The van der Waals surface area contributed by atoms with Crippen LogP contribution in [-0.4, -0.2) is 42.1 Å². The Balaban J connectivity index is 2.99. The van der Waals surface area contributed by atoms with Crippen molar-refractivity contribution in [1.82, 2.24) is 9.88 Å². The number of rotatable bonds is 5.